The van der Waals surface area contributed by atoms with Crippen molar-refractivity contribution in [3.63, 3.8) is 0 Å². The Labute approximate surface area is 134 Å². The molecule has 0 bridgehead atoms. The largest absolute Gasteiger partial charge is 0.544 e. The molecule has 0 fully saturated rings. The number of hydrogen-bond acceptors (Lipinski definition) is 2. The lowest BCUT2D eigenvalue weighted by atomic mass is 9.96. The summed E-state index contributed by atoms with van der Waals surface area (Å²) in [5.74, 6) is -0.945. The molecule has 1 aromatic carbocycles. The van der Waals surface area contributed by atoms with Gasteiger partial charge in [0.05, 0.1) is 19.1 Å². The van der Waals surface area contributed by atoms with Gasteiger partial charge in [-0.1, -0.05) is 50.3 Å². The summed E-state index contributed by atoms with van der Waals surface area (Å²) in [6.07, 6.45) is 4.43. The van der Waals surface area contributed by atoms with Crippen molar-refractivity contribution in [1.29, 1.82) is 0 Å². The van der Waals surface area contributed by atoms with Crippen LogP contribution in [0, 0.1) is 0 Å². The van der Waals surface area contributed by atoms with E-state index >= 15 is 0 Å². The van der Waals surface area contributed by atoms with Crippen LogP contribution in [-0.4, -0.2) is 29.6 Å². The van der Waals surface area contributed by atoms with Crippen molar-refractivity contribution in [3.05, 3.63) is 48.6 Å². The normalized spacial score (nSPS) is 14.3. The highest BCUT2D eigenvalue weighted by atomic mass is 16.4. The van der Waals surface area contributed by atoms with Gasteiger partial charge in [0, 0.05) is 12.0 Å². The van der Waals surface area contributed by atoms with Crippen LogP contribution in [0.1, 0.15) is 51.6 Å². The minimum Gasteiger partial charge on any atom is -0.544 e. The molecule has 0 N–H and O–H groups in total. The quantitative estimate of drug-likeness (QED) is 0.492. The highest BCUT2D eigenvalue weighted by molar-refractivity contribution is 5.69. The number of benzene rings is 1. The average Bonchev–Trinajstić information content (AvgIpc) is 2.54. The molecule has 0 heterocycles. The van der Waals surface area contributed by atoms with Gasteiger partial charge in [0.15, 0.2) is 0 Å². The van der Waals surface area contributed by atoms with E-state index in [2.05, 4.69) is 39.5 Å². The summed E-state index contributed by atoms with van der Waals surface area (Å²) in [5.41, 5.74) is 1.11. The molecule has 0 aliphatic rings. The molecule has 122 valence electrons. The Kier molecular flexibility index (Phi) is 7.33. The minimum absolute atomic E-state index is 0.0315. The molecule has 0 aromatic heterocycles. The van der Waals surface area contributed by atoms with E-state index < -0.39 is 12.0 Å². The third kappa shape index (κ3) is 3.77. The van der Waals surface area contributed by atoms with Crippen LogP contribution in [0.2, 0.25) is 0 Å². The Morgan fingerprint density at radius 1 is 1.23 bits per heavy atom. The second-order valence-electron chi connectivity index (χ2n) is 5.80. The summed E-state index contributed by atoms with van der Waals surface area (Å²) in [6, 6.07) is 9.53. The highest BCUT2D eigenvalue weighted by Crippen LogP contribution is 2.34. The molecule has 0 radical (unpaired) electrons. The van der Waals surface area contributed by atoms with Gasteiger partial charge in [-0.15, -0.1) is 0 Å². The van der Waals surface area contributed by atoms with Crippen LogP contribution in [0.4, 0.5) is 0 Å². The van der Waals surface area contributed by atoms with E-state index in [1.165, 1.54) is 0 Å². The first-order valence-electron chi connectivity index (χ1n) is 8.32. The number of carboxylic acids is 1. The summed E-state index contributed by atoms with van der Waals surface area (Å²) in [7, 11) is 0. The van der Waals surface area contributed by atoms with Crippen molar-refractivity contribution < 1.29 is 14.4 Å². The van der Waals surface area contributed by atoms with Crippen LogP contribution >= 0.6 is 0 Å². The lowest BCUT2D eigenvalue weighted by Crippen LogP contribution is -2.62. The Morgan fingerprint density at radius 3 is 2.23 bits per heavy atom. The molecule has 0 spiro atoms. The van der Waals surface area contributed by atoms with Crippen molar-refractivity contribution in [1.82, 2.24) is 0 Å². The number of likely N-dealkylation sites (N-methyl/N-ethyl adjacent to an activating group) is 1. The highest BCUT2D eigenvalue weighted by Gasteiger charge is 2.41. The Bertz CT molecular complexity index is 466. The van der Waals surface area contributed by atoms with E-state index in [1.54, 1.807) is 0 Å². The van der Waals surface area contributed by atoms with Crippen LogP contribution < -0.4 is 5.11 Å². The number of carbonyl (C=O) groups excluding carboxylic acids is 1. The zero-order valence-corrected chi connectivity index (χ0v) is 14.1. The van der Waals surface area contributed by atoms with E-state index in [1.807, 2.05) is 24.3 Å². The van der Waals surface area contributed by atoms with E-state index in [0.29, 0.717) is 10.9 Å². The molecule has 0 saturated heterocycles. The smallest absolute Gasteiger partial charge is 0.134 e. The van der Waals surface area contributed by atoms with Crippen LogP contribution in [0.15, 0.2) is 43.0 Å². The maximum absolute atomic E-state index is 11.9. The summed E-state index contributed by atoms with van der Waals surface area (Å²) < 4.78 is 0.468. The Balaban J connectivity index is 3.31. The summed E-state index contributed by atoms with van der Waals surface area (Å²) in [6.45, 7) is 11.7. The second kappa shape index (κ2) is 8.74. The van der Waals surface area contributed by atoms with Gasteiger partial charge >= 0.3 is 0 Å². The van der Waals surface area contributed by atoms with Gasteiger partial charge in [-0.2, -0.15) is 0 Å². The van der Waals surface area contributed by atoms with Crippen LogP contribution in [-0.2, 0) is 4.79 Å². The van der Waals surface area contributed by atoms with Gasteiger partial charge in [-0.05, 0) is 26.3 Å². The van der Waals surface area contributed by atoms with Gasteiger partial charge in [0.25, 0.3) is 0 Å². The SMILES string of the molecule is C=CC(c1ccccc1)[N+](CC)(CC)C(CCCC)C(=O)[O-]. The van der Waals surface area contributed by atoms with Crippen LogP contribution in [0.5, 0.6) is 0 Å². The first-order chi connectivity index (χ1) is 10.6. The number of quaternary nitrogens is 1. The molecular formula is C19H29NO2. The molecule has 3 nitrogen and oxygen atoms in total. The molecule has 0 aliphatic heterocycles. The molecule has 2 unspecified atom stereocenters. The minimum atomic E-state index is -0.945. The van der Waals surface area contributed by atoms with Crippen molar-refractivity contribution in [2.75, 3.05) is 13.1 Å². The maximum atomic E-state index is 11.9. The molecule has 0 amide bonds. The first kappa shape index (κ1) is 18.4. The molecule has 22 heavy (non-hydrogen) atoms. The Morgan fingerprint density at radius 2 is 1.82 bits per heavy atom. The summed E-state index contributed by atoms with van der Waals surface area (Å²) >= 11 is 0. The number of hydrogen-bond donors (Lipinski definition) is 0. The first-order valence-corrected chi connectivity index (χ1v) is 8.32. The monoisotopic (exact) mass is 303 g/mol. The van der Waals surface area contributed by atoms with Crippen LogP contribution in [0.25, 0.3) is 0 Å². The van der Waals surface area contributed by atoms with Crippen molar-refractivity contribution in [2.45, 2.75) is 52.1 Å². The van der Waals surface area contributed by atoms with Crippen molar-refractivity contribution in [3.8, 4) is 0 Å². The third-order valence-corrected chi connectivity index (χ3v) is 4.82. The lowest BCUT2D eigenvalue weighted by molar-refractivity contribution is -0.964. The zero-order chi connectivity index (χ0) is 16.6. The number of carboxylic acid groups (broad SMARTS) is 1. The number of nitrogens with zero attached hydrogens (tertiary/aromatic N) is 1. The summed E-state index contributed by atoms with van der Waals surface area (Å²) in [5, 5.41) is 11.9. The van der Waals surface area contributed by atoms with E-state index in [-0.39, 0.29) is 6.04 Å². The fourth-order valence-corrected chi connectivity index (χ4v) is 3.53. The molecular weight excluding hydrogens is 274 g/mol. The lowest BCUT2D eigenvalue weighted by Gasteiger charge is -2.48. The van der Waals surface area contributed by atoms with E-state index in [9.17, 15) is 9.90 Å². The van der Waals surface area contributed by atoms with Crippen molar-refractivity contribution >= 4 is 5.97 Å². The average molecular weight is 303 g/mol. The zero-order valence-electron chi connectivity index (χ0n) is 14.1. The van der Waals surface area contributed by atoms with Gasteiger partial charge in [0.1, 0.15) is 12.1 Å². The molecule has 0 saturated carbocycles. The molecule has 1 aromatic rings. The molecule has 1 rings (SSSR count). The predicted octanol–water partition coefficient (Wildman–Crippen LogP) is 3.08. The van der Waals surface area contributed by atoms with Crippen molar-refractivity contribution in [2.24, 2.45) is 0 Å². The fourth-order valence-electron chi connectivity index (χ4n) is 3.53. The van der Waals surface area contributed by atoms with Gasteiger partial charge in [-0.3, -0.25) is 0 Å². The number of carbonyl (C=O) groups is 1. The fraction of sp³-hybridized carbons (Fsp3) is 0.526. The standard InChI is InChI=1S/C19H29NO2/c1-5-9-15-18(19(21)22)20(7-3,8-4)17(6-2)16-13-11-10-12-14-16/h6,10-14,17-18H,2,5,7-9,15H2,1,3-4H3. The molecule has 0 aliphatic carbocycles. The van der Waals surface area contributed by atoms with E-state index in [0.717, 1.165) is 31.5 Å². The van der Waals surface area contributed by atoms with Gasteiger partial charge in [-0.25, -0.2) is 0 Å². The molecule has 2 atom stereocenters. The topological polar surface area (TPSA) is 40.1 Å². The molecule has 3 heteroatoms. The maximum Gasteiger partial charge on any atom is 0.134 e. The number of aliphatic carboxylic acids is 1. The van der Waals surface area contributed by atoms with Crippen LogP contribution in [0.3, 0.4) is 0 Å². The third-order valence-electron chi connectivity index (χ3n) is 4.82. The number of unbranched alkanes of at least 4 members (excludes halogenated alkanes) is 1. The number of rotatable bonds is 10. The summed E-state index contributed by atoms with van der Waals surface area (Å²) in [4.78, 5) is 11.9. The van der Waals surface area contributed by atoms with Gasteiger partial charge in [0.2, 0.25) is 0 Å². The van der Waals surface area contributed by atoms with Gasteiger partial charge < -0.3 is 14.4 Å². The Hall–Kier alpha value is -1.61. The predicted molar refractivity (Wildman–Crippen MR) is 89.0 cm³/mol. The van der Waals surface area contributed by atoms with E-state index in [4.69, 9.17) is 0 Å². The second-order valence-corrected chi connectivity index (χ2v) is 5.80.